The summed E-state index contributed by atoms with van der Waals surface area (Å²) in [5, 5.41) is 11.4. The van der Waals surface area contributed by atoms with E-state index in [1.807, 2.05) is 23.9 Å². The van der Waals surface area contributed by atoms with E-state index in [4.69, 9.17) is 23.7 Å². The quantitative estimate of drug-likeness (QED) is 0.121. The number of nitrogens with zero attached hydrogens (tertiary/aromatic N) is 1. The van der Waals surface area contributed by atoms with Gasteiger partial charge in [0.25, 0.3) is 0 Å². The van der Waals surface area contributed by atoms with E-state index >= 15 is 0 Å². The predicted octanol–water partition coefficient (Wildman–Crippen LogP) is 0.618. The SMILES string of the molecule is COc1cc2c(cc1OCCOCCNC(=O)CCCC[C@@H]1SC[C@@H]3NC(=O)N[C@@H]31)CC[n+]1cc3c(OC)c(OC)ccc3cc1-2.[Cl-]. The summed E-state index contributed by atoms with van der Waals surface area (Å²) < 4.78 is 30.9. The second-order valence-electron chi connectivity index (χ2n) is 11.7. The average Bonchev–Trinajstić information content (AvgIpc) is 3.63. The van der Waals surface area contributed by atoms with Crippen molar-refractivity contribution in [2.75, 3.05) is 53.4 Å². The van der Waals surface area contributed by atoms with Gasteiger partial charge < -0.3 is 52.0 Å². The Bertz CT molecular complexity index is 1590. The number of carbonyl (C=O) groups excluding carboxylic acids is 2. The van der Waals surface area contributed by atoms with Gasteiger partial charge in [0, 0.05) is 36.5 Å². The zero-order chi connectivity index (χ0) is 32.0. The van der Waals surface area contributed by atoms with Gasteiger partial charge in [-0.25, -0.2) is 4.79 Å². The lowest BCUT2D eigenvalue weighted by atomic mass is 9.95. The van der Waals surface area contributed by atoms with Crippen molar-refractivity contribution in [3.05, 3.63) is 42.1 Å². The van der Waals surface area contributed by atoms with Crippen LogP contribution >= 0.6 is 11.8 Å². The topological polar surface area (TPSA) is 120 Å². The maximum atomic E-state index is 12.2. The fourth-order valence-corrected chi connectivity index (χ4v) is 8.14. The Morgan fingerprint density at radius 2 is 1.85 bits per heavy atom. The number of methoxy groups -OCH3 is 3. The Hall–Kier alpha value is -3.61. The number of rotatable bonds is 15. The summed E-state index contributed by atoms with van der Waals surface area (Å²) in [4.78, 5) is 23.8. The Labute approximate surface area is 285 Å². The summed E-state index contributed by atoms with van der Waals surface area (Å²) in [6, 6.07) is 10.7. The lowest BCUT2D eigenvalue weighted by Gasteiger charge is -2.19. The largest absolute Gasteiger partial charge is 1.00 e. The molecule has 3 aliphatic heterocycles. The van der Waals surface area contributed by atoms with Crippen molar-refractivity contribution in [1.29, 1.82) is 0 Å². The third-order valence-corrected chi connectivity index (χ3v) is 10.4. The van der Waals surface area contributed by atoms with Crippen LogP contribution in [-0.2, 0) is 22.5 Å². The minimum absolute atomic E-state index is 0. The lowest BCUT2D eigenvalue weighted by molar-refractivity contribution is -0.686. The molecule has 0 aliphatic carbocycles. The highest BCUT2D eigenvalue weighted by Gasteiger charge is 2.42. The Balaban J connectivity index is 0.00000433. The number of carbonyl (C=O) groups is 2. The van der Waals surface area contributed by atoms with Gasteiger partial charge in [-0.2, -0.15) is 16.3 Å². The normalized spacial score (nSPS) is 19.0. The Morgan fingerprint density at radius 3 is 2.66 bits per heavy atom. The number of ether oxygens (including phenoxy) is 5. The molecule has 0 unspecified atom stereocenters. The molecule has 0 spiro atoms. The van der Waals surface area contributed by atoms with Gasteiger partial charge in [0.2, 0.25) is 11.6 Å². The highest BCUT2D eigenvalue weighted by Crippen LogP contribution is 2.40. The van der Waals surface area contributed by atoms with Crippen LogP contribution in [-0.4, -0.2) is 82.7 Å². The number of aryl methyl sites for hydroxylation is 2. The molecular formula is C34H43ClN4O7S. The third-order valence-electron chi connectivity index (χ3n) is 8.93. The number of nitrogens with one attached hydrogen (secondary N) is 3. The molecule has 2 fully saturated rings. The molecule has 6 rings (SSSR count). The fourth-order valence-electron chi connectivity index (χ4n) is 6.60. The number of aromatic nitrogens is 1. The van der Waals surface area contributed by atoms with Crippen LogP contribution in [0.25, 0.3) is 22.0 Å². The van der Waals surface area contributed by atoms with E-state index in [9.17, 15) is 9.59 Å². The minimum atomic E-state index is -0.0592. The van der Waals surface area contributed by atoms with Gasteiger partial charge in [-0.3, -0.25) is 4.79 Å². The number of fused-ring (bicyclic) bond motifs is 5. The van der Waals surface area contributed by atoms with Gasteiger partial charge in [-0.15, -0.1) is 0 Å². The van der Waals surface area contributed by atoms with Crippen molar-refractivity contribution >= 4 is 34.5 Å². The molecule has 3 N–H and O–H groups in total. The summed E-state index contributed by atoms with van der Waals surface area (Å²) in [5.74, 6) is 3.80. The molecule has 3 amide bonds. The lowest BCUT2D eigenvalue weighted by Crippen LogP contribution is -3.00. The molecule has 254 valence electrons. The summed E-state index contributed by atoms with van der Waals surface area (Å²) in [5.41, 5.74) is 3.43. The molecule has 3 aromatic rings. The van der Waals surface area contributed by atoms with E-state index in [-0.39, 0.29) is 36.4 Å². The van der Waals surface area contributed by atoms with Crippen molar-refractivity contribution in [3.8, 4) is 34.3 Å². The molecule has 11 nitrogen and oxygen atoms in total. The number of halogens is 1. The molecule has 0 saturated carbocycles. The number of thioether (sulfide) groups is 1. The second-order valence-corrected chi connectivity index (χ2v) is 13.0. The van der Waals surface area contributed by atoms with Gasteiger partial charge in [0.15, 0.2) is 35.7 Å². The number of benzene rings is 2. The van der Waals surface area contributed by atoms with Crippen LogP contribution in [0.5, 0.6) is 23.0 Å². The number of hydrogen-bond donors (Lipinski definition) is 3. The summed E-state index contributed by atoms with van der Waals surface area (Å²) in [7, 11) is 4.96. The standard InChI is InChI=1S/C34H42N4O7S.ClH/c1-41-27-9-8-21-16-26-23-18-28(42-2)29(17-22(23)10-12-38(26)19-24(21)33(27)43-3)45-15-14-44-13-11-35-31(39)7-5-4-6-30-32-25(20-46-30)36-34(40)37-32;/h8-9,16-19,25,30,32H,4-7,10-15,20H2,1-3H3,(H2-,35,36,37,39,40);1H/t25-,30-,32-;/m0./s1. The first-order chi connectivity index (χ1) is 22.5. The maximum Gasteiger partial charge on any atom is 0.315 e. The molecule has 4 heterocycles. The van der Waals surface area contributed by atoms with Crippen molar-refractivity contribution in [2.45, 2.75) is 56.0 Å². The molecule has 3 aliphatic rings. The van der Waals surface area contributed by atoms with Crippen LogP contribution in [0.3, 0.4) is 0 Å². The third kappa shape index (κ3) is 7.76. The number of pyridine rings is 1. The number of urea groups is 1. The van der Waals surface area contributed by atoms with Crippen LogP contribution in [0.4, 0.5) is 4.79 Å². The van der Waals surface area contributed by atoms with Gasteiger partial charge >= 0.3 is 6.03 Å². The average molecular weight is 687 g/mol. The first kappa shape index (κ1) is 34.7. The van der Waals surface area contributed by atoms with Crippen molar-refractivity contribution < 1.29 is 50.2 Å². The van der Waals surface area contributed by atoms with Gasteiger partial charge in [-0.05, 0) is 48.1 Å². The zero-order valence-corrected chi connectivity index (χ0v) is 28.6. The van der Waals surface area contributed by atoms with Crippen LogP contribution in [0.1, 0.15) is 31.2 Å². The van der Waals surface area contributed by atoms with E-state index in [0.29, 0.717) is 55.3 Å². The molecule has 2 saturated heterocycles. The Kier molecular flexibility index (Phi) is 11.8. The minimum Gasteiger partial charge on any atom is -1.00 e. The van der Waals surface area contributed by atoms with Crippen molar-refractivity contribution in [2.24, 2.45) is 0 Å². The number of unbranched alkanes of at least 4 members (excludes halogenated alkanes) is 1. The summed E-state index contributed by atoms with van der Waals surface area (Å²) in [6.07, 6.45) is 6.30. The molecule has 3 atom stereocenters. The highest BCUT2D eigenvalue weighted by atomic mass is 35.5. The number of amides is 3. The first-order valence-electron chi connectivity index (χ1n) is 15.9. The second kappa shape index (κ2) is 16.0. The van der Waals surface area contributed by atoms with E-state index in [1.165, 1.54) is 5.56 Å². The van der Waals surface area contributed by atoms with Crippen LogP contribution in [0.15, 0.2) is 36.5 Å². The van der Waals surface area contributed by atoms with E-state index in [0.717, 1.165) is 65.8 Å². The molecule has 0 radical (unpaired) electrons. The zero-order valence-electron chi connectivity index (χ0n) is 27.1. The first-order valence-corrected chi connectivity index (χ1v) is 17.0. The molecule has 0 bridgehead atoms. The predicted molar refractivity (Wildman–Crippen MR) is 176 cm³/mol. The summed E-state index contributed by atoms with van der Waals surface area (Å²) >= 11 is 1.91. The van der Waals surface area contributed by atoms with E-state index < -0.39 is 0 Å². The molecule has 13 heteroatoms. The fraction of sp³-hybridized carbons (Fsp3) is 0.500. The van der Waals surface area contributed by atoms with E-state index in [1.54, 1.807) is 21.3 Å². The van der Waals surface area contributed by atoms with Gasteiger partial charge in [-0.1, -0.05) is 6.42 Å². The highest BCUT2D eigenvalue weighted by molar-refractivity contribution is 8.00. The number of hydrogen-bond acceptors (Lipinski definition) is 8. The molecule has 1 aromatic heterocycles. The van der Waals surface area contributed by atoms with Gasteiger partial charge in [0.05, 0.1) is 57.6 Å². The smallest absolute Gasteiger partial charge is 0.315 e. The van der Waals surface area contributed by atoms with Crippen LogP contribution in [0.2, 0.25) is 0 Å². The van der Waals surface area contributed by atoms with Crippen LogP contribution < -0.4 is 51.9 Å². The van der Waals surface area contributed by atoms with Crippen molar-refractivity contribution in [1.82, 2.24) is 16.0 Å². The van der Waals surface area contributed by atoms with Crippen LogP contribution in [0, 0.1) is 0 Å². The molecular weight excluding hydrogens is 644 g/mol. The molecule has 2 aromatic carbocycles. The maximum absolute atomic E-state index is 12.2. The van der Waals surface area contributed by atoms with E-state index in [2.05, 4.69) is 44.9 Å². The Morgan fingerprint density at radius 1 is 1.00 bits per heavy atom. The summed E-state index contributed by atoms with van der Waals surface area (Å²) in [6.45, 7) is 2.49. The van der Waals surface area contributed by atoms with Crippen molar-refractivity contribution in [3.63, 3.8) is 0 Å². The molecule has 47 heavy (non-hydrogen) atoms. The van der Waals surface area contributed by atoms with Gasteiger partial charge in [0.1, 0.15) is 6.61 Å². The monoisotopic (exact) mass is 686 g/mol.